The van der Waals surface area contributed by atoms with Crippen molar-refractivity contribution in [1.82, 2.24) is 14.1 Å². The van der Waals surface area contributed by atoms with Crippen LogP contribution in [0.3, 0.4) is 0 Å². The molecule has 1 saturated heterocycles. The highest BCUT2D eigenvalue weighted by molar-refractivity contribution is 7.99. The highest BCUT2D eigenvalue weighted by Gasteiger charge is 2.25. The van der Waals surface area contributed by atoms with E-state index < -0.39 is 130 Å². The summed E-state index contributed by atoms with van der Waals surface area (Å²) in [4.78, 5) is -1.67. The Morgan fingerprint density at radius 1 is 1.13 bits per heavy atom. The van der Waals surface area contributed by atoms with Gasteiger partial charge in [-0.2, -0.15) is 0 Å². The summed E-state index contributed by atoms with van der Waals surface area (Å²) in [6, 6.07) is -6.43. The number of hydrogen-bond donors (Lipinski definition) is 0. The zero-order chi connectivity index (χ0) is 39.6. The summed E-state index contributed by atoms with van der Waals surface area (Å²) < 4.78 is 199. The fourth-order valence-electron chi connectivity index (χ4n) is 2.64. The van der Waals surface area contributed by atoms with E-state index in [1.807, 2.05) is 0 Å². The molecule has 7 heteroatoms. The number of benzene rings is 2. The molecule has 0 spiro atoms. The van der Waals surface area contributed by atoms with Crippen molar-refractivity contribution < 1.29 is 37.2 Å². The van der Waals surface area contributed by atoms with Crippen molar-refractivity contribution in [2.45, 2.75) is 21.1 Å². The molecule has 0 unspecified atom stereocenters. The molecule has 2 aromatic rings. The molecule has 2 aliphatic rings. The van der Waals surface area contributed by atoms with Gasteiger partial charge in [-0.15, -0.1) is 0 Å². The zero-order valence-electron chi connectivity index (χ0n) is 36.5. The summed E-state index contributed by atoms with van der Waals surface area (Å²) in [6.45, 7) is -21.2. The van der Waals surface area contributed by atoms with Gasteiger partial charge >= 0.3 is 0 Å². The van der Waals surface area contributed by atoms with Crippen LogP contribution in [0.2, 0.25) is 0 Å². The molecule has 0 N–H and O–H groups in total. The molecule has 0 saturated carbocycles. The van der Waals surface area contributed by atoms with Gasteiger partial charge in [0.2, 0.25) is 10.0 Å². The van der Waals surface area contributed by atoms with Crippen LogP contribution in [0.1, 0.15) is 46.3 Å². The first-order valence-electron chi connectivity index (χ1n) is 18.9. The molecule has 0 radical (unpaired) electrons. The number of sulfonamides is 1. The van der Waals surface area contributed by atoms with E-state index in [9.17, 15) is 8.42 Å². The lowest BCUT2D eigenvalue weighted by molar-refractivity contribution is 0.156. The number of fused-ring (bicyclic) bond motifs is 2. The molecular formula is C23H29N3O2S2. The lowest BCUT2D eigenvalue weighted by Crippen LogP contribution is -2.44. The predicted molar refractivity (Wildman–Crippen MR) is 124 cm³/mol. The molecule has 0 atom stereocenters. The number of piperazine rings is 1. The van der Waals surface area contributed by atoms with Gasteiger partial charge < -0.3 is 9.80 Å². The molecule has 5 nitrogen and oxygen atoms in total. The fraction of sp³-hybridized carbons (Fsp3) is 0.391. The van der Waals surface area contributed by atoms with Gasteiger partial charge in [-0.3, -0.25) is 0 Å². The largest absolute Gasteiger partial charge is 0.304 e. The highest BCUT2D eigenvalue weighted by Crippen LogP contribution is 2.46. The van der Waals surface area contributed by atoms with Gasteiger partial charge in [0, 0.05) is 75.5 Å². The summed E-state index contributed by atoms with van der Waals surface area (Å²) in [5.74, 6) is 0. The predicted octanol–water partition coefficient (Wildman–Crippen LogP) is 3.47. The van der Waals surface area contributed by atoms with Crippen molar-refractivity contribution >= 4 is 27.4 Å². The Hall–Kier alpha value is -1.64. The number of hydrogen-bond acceptors (Lipinski definition) is 5. The average molecular weight is 465 g/mol. The average Bonchev–Trinajstić information content (AvgIpc) is 2.95. The third-order valence-corrected chi connectivity index (χ3v) is 6.28. The van der Waals surface area contributed by atoms with Crippen LogP contribution in [-0.2, 0) is 10.0 Å². The Kier molecular flexibility index (Phi) is 2.28. The number of rotatable bonds is 5. The minimum Gasteiger partial charge on any atom is -0.304 e. The molecule has 2 aliphatic heterocycles. The molecule has 0 aliphatic carbocycles. The second-order valence-electron chi connectivity index (χ2n) is 6.05. The summed E-state index contributed by atoms with van der Waals surface area (Å²) in [5.41, 5.74) is -1.43. The van der Waals surface area contributed by atoms with Gasteiger partial charge in [-0.1, -0.05) is 36.0 Å². The SMILES string of the molecule is [2H]c1c([2H])c([2H])c2c(c1[2H])Sc1c([2H])c([2H])c(S(=O)(=O)N(C([2H])([2H])[2H])C([2H])([2H])[2H])c([2H])c1/C2=C\CCN1C([2H])([2H])C([2H])([2H])N(C)C([2H])([2H])C1([2H])[2H]. The van der Waals surface area contributed by atoms with E-state index in [0.29, 0.717) is 11.8 Å². The molecule has 2 heterocycles. The first-order valence-corrected chi connectivity index (χ1v) is 10.7. The molecule has 0 bridgehead atoms. The van der Waals surface area contributed by atoms with Crippen LogP contribution in [0.15, 0.2) is 63.1 Å². The second kappa shape index (κ2) is 8.85. The van der Waals surface area contributed by atoms with Gasteiger partial charge in [0.05, 0.1) is 14.5 Å². The molecule has 4 rings (SSSR count). The molecule has 0 aromatic heterocycles. The highest BCUT2D eigenvalue weighted by atomic mass is 32.2. The summed E-state index contributed by atoms with van der Waals surface area (Å²) in [6.07, 6.45) is 0.445. The van der Waals surface area contributed by atoms with Crippen molar-refractivity contribution in [3.8, 4) is 0 Å². The molecular weight excluding hydrogens is 414 g/mol. The summed E-state index contributed by atoms with van der Waals surface area (Å²) in [5, 5.41) is 0. The third-order valence-electron chi connectivity index (χ3n) is 4.06. The van der Waals surface area contributed by atoms with Crippen molar-refractivity contribution in [1.29, 1.82) is 0 Å². The van der Waals surface area contributed by atoms with E-state index in [0.717, 1.165) is 13.1 Å². The monoisotopic (exact) mass is 464 g/mol. The maximum atomic E-state index is 13.8. The topological polar surface area (TPSA) is 43.9 Å². The standard InChI is InChI=1S/C23H29N3O2S2/c1-24(2)30(27,28)18-10-11-23-21(17-18)19(20-7-4-5-9-22(20)29-23)8-6-12-26-15-13-25(3)14-16-26/h4-5,7-11,17H,6,12-16H2,1-3H3/b19-8-/i1D3,2D3,4D,5D,7D,9D,10D,11D,13D2,14D2,15D2,16D2,17D. The molecule has 1 fully saturated rings. The lowest BCUT2D eigenvalue weighted by atomic mass is 9.96. The van der Waals surface area contributed by atoms with E-state index in [1.54, 1.807) is 0 Å². The van der Waals surface area contributed by atoms with Crippen molar-refractivity contribution in [2.24, 2.45) is 0 Å². The van der Waals surface area contributed by atoms with Gasteiger partial charge in [0.15, 0.2) is 0 Å². The quantitative estimate of drug-likeness (QED) is 0.578. The third kappa shape index (κ3) is 4.36. The number of likely N-dealkylation sites (N-methyl/N-ethyl adjacent to an activating group) is 1. The van der Waals surface area contributed by atoms with Crippen LogP contribution in [0.5, 0.6) is 0 Å². The van der Waals surface area contributed by atoms with Gasteiger partial charge in [-0.05, 0) is 54.3 Å². The van der Waals surface area contributed by atoms with Crippen molar-refractivity contribution in [2.75, 3.05) is 53.5 Å². The summed E-state index contributed by atoms with van der Waals surface area (Å²) in [7, 11) is -4.98. The normalized spacial score (nSPS) is 36.9. The van der Waals surface area contributed by atoms with Crippen LogP contribution in [0.4, 0.5) is 0 Å². The van der Waals surface area contributed by atoms with Gasteiger partial charge in [0.25, 0.3) is 0 Å². The smallest absolute Gasteiger partial charge is 0.242 e. The second-order valence-corrected chi connectivity index (χ2v) is 8.79. The Bertz CT molecular complexity index is 1900. The molecule has 2 aromatic carbocycles. The molecule has 0 amide bonds. The molecule has 160 valence electrons. The maximum absolute atomic E-state index is 13.8. The fourth-order valence-corrected chi connectivity index (χ4v) is 4.17. The van der Waals surface area contributed by atoms with Crippen molar-refractivity contribution in [3.63, 3.8) is 0 Å². The van der Waals surface area contributed by atoms with E-state index in [1.165, 1.54) is 0 Å². The number of nitrogens with zero attached hydrogens (tertiary/aromatic N) is 3. The van der Waals surface area contributed by atoms with Crippen LogP contribution < -0.4 is 0 Å². The van der Waals surface area contributed by atoms with E-state index in [-0.39, 0.29) is 20.3 Å². The Morgan fingerprint density at radius 2 is 1.87 bits per heavy atom. The maximum Gasteiger partial charge on any atom is 0.242 e. The summed E-state index contributed by atoms with van der Waals surface area (Å²) >= 11 is 0.460. The van der Waals surface area contributed by atoms with E-state index in [4.69, 9.17) is 28.8 Å². The Balaban J connectivity index is 2.06. The van der Waals surface area contributed by atoms with Crippen LogP contribution in [-0.4, -0.2) is 76.1 Å². The van der Waals surface area contributed by atoms with E-state index >= 15 is 0 Å². The Morgan fingerprint density at radius 3 is 2.63 bits per heavy atom. The lowest BCUT2D eigenvalue weighted by Gasteiger charge is -2.32. The van der Waals surface area contributed by atoms with Crippen LogP contribution in [0.25, 0.3) is 5.57 Å². The van der Waals surface area contributed by atoms with Gasteiger partial charge in [-0.25, -0.2) is 12.7 Å². The van der Waals surface area contributed by atoms with E-state index in [2.05, 4.69) is 0 Å². The van der Waals surface area contributed by atoms with Crippen LogP contribution in [0, 0.1) is 0 Å². The van der Waals surface area contributed by atoms with Crippen molar-refractivity contribution in [3.05, 3.63) is 59.5 Å². The minimum absolute atomic E-state index is 0.257. The van der Waals surface area contributed by atoms with Gasteiger partial charge in [0.1, 0.15) is 0 Å². The Labute approximate surface area is 213 Å². The first-order chi connectivity index (χ1) is 22.7. The first kappa shape index (κ1) is 7.74. The zero-order valence-corrected chi connectivity index (χ0v) is 17.1. The molecule has 30 heavy (non-hydrogen) atoms. The minimum atomic E-state index is -5.84. The van der Waals surface area contributed by atoms with Crippen LogP contribution >= 0.6 is 11.8 Å².